The third-order valence-corrected chi connectivity index (χ3v) is 4.62. The number of halogens is 5. The SMILES string of the molecule is O[C@H](C#Cc1c2ccccc2cc2ccccc12)c1c(F)c(F)c(F)c(F)c1F. The van der Waals surface area contributed by atoms with Gasteiger partial charge < -0.3 is 5.11 Å². The van der Waals surface area contributed by atoms with E-state index in [-0.39, 0.29) is 0 Å². The van der Waals surface area contributed by atoms with Crippen LogP contribution >= 0.6 is 0 Å². The smallest absolute Gasteiger partial charge is 0.200 e. The van der Waals surface area contributed by atoms with Gasteiger partial charge in [-0.2, -0.15) is 0 Å². The average molecular weight is 398 g/mol. The monoisotopic (exact) mass is 398 g/mol. The molecule has 0 saturated heterocycles. The van der Waals surface area contributed by atoms with Gasteiger partial charge in [-0.1, -0.05) is 60.4 Å². The number of fused-ring (bicyclic) bond motifs is 2. The number of aliphatic hydroxyl groups is 1. The van der Waals surface area contributed by atoms with Crippen LogP contribution in [0.2, 0.25) is 0 Å². The number of hydrogen-bond acceptors (Lipinski definition) is 1. The number of aliphatic hydroxyl groups excluding tert-OH is 1. The lowest BCUT2D eigenvalue weighted by Crippen LogP contribution is -2.10. The molecule has 4 aromatic rings. The van der Waals surface area contributed by atoms with E-state index in [4.69, 9.17) is 0 Å². The molecular formula is C23H11F5O. The summed E-state index contributed by atoms with van der Waals surface area (Å²) >= 11 is 0. The van der Waals surface area contributed by atoms with Gasteiger partial charge in [-0.05, 0) is 27.6 Å². The van der Waals surface area contributed by atoms with Crippen molar-refractivity contribution in [1.82, 2.24) is 0 Å². The Morgan fingerprint density at radius 3 is 1.62 bits per heavy atom. The molecule has 0 heterocycles. The van der Waals surface area contributed by atoms with Crippen LogP contribution in [-0.2, 0) is 0 Å². The van der Waals surface area contributed by atoms with Crippen molar-refractivity contribution < 1.29 is 27.1 Å². The van der Waals surface area contributed by atoms with E-state index in [0.717, 1.165) is 21.5 Å². The summed E-state index contributed by atoms with van der Waals surface area (Å²) in [7, 11) is 0. The van der Waals surface area contributed by atoms with Crippen molar-refractivity contribution in [1.29, 1.82) is 0 Å². The van der Waals surface area contributed by atoms with Gasteiger partial charge >= 0.3 is 0 Å². The standard InChI is InChI=1S/C23H11F5O/c24-19-18(20(25)22(27)23(28)21(19)26)17(29)10-9-16-14-7-3-1-5-12(14)11-13-6-2-4-8-15(13)16/h1-8,11,17,29H/t17-/m1/s1. The van der Waals surface area contributed by atoms with Gasteiger partial charge in [-0.25, -0.2) is 22.0 Å². The molecule has 0 amide bonds. The Bertz CT molecular complexity index is 1250. The summed E-state index contributed by atoms with van der Waals surface area (Å²) in [6.07, 6.45) is -2.21. The third-order valence-electron chi connectivity index (χ3n) is 4.62. The molecule has 0 aromatic heterocycles. The lowest BCUT2D eigenvalue weighted by Gasteiger charge is -2.10. The second-order valence-corrected chi connectivity index (χ2v) is 6.35. The highest BCUT2D eigenvalue weighted by Gasteiger charge is 2.28. The number of benzene rings is 4. The summed E-state index contributed by atoms with van der Waals surface area (Å²) in [4.78, 5) is 0. The van der Waals surface area contributed by atoms with Crippen molar-refractivity contribution in [3.05, 3.63) is 94.8 Å². The zero-order chi connectivity index (χ0) is 20.7. The summed E-state index contributed by atoms with van der Waals surface area (Å²) in [6, 6.07) is 16.5. The molecule has 29 heavy (non-hydrogen) atoms. The molecule has 0 saturated carbocycles. The Balaban J connectivity index is 1.92. The van der Waals surface area contributed by atoms with E-state index in [1.807, 2.05) is 30.3 Å². The minimum atomic E-state index is -2.29. The number of hydrogen-bond donors (Lipinski definition) is 1. The highest BCUT2D eigenvalue weighted by Crippen LogP contribution is 2.30. The summed E-state index contributed by atoms with van der Waals surface area (Å²) in [5.41, 5.74) is -0.903. The van der Waals surface area contributed by atoms with E-state index in [0.29, 0.717) is 5.56 Å². The van der Waals surface area contributed by atoms with Crippen molar-refractivity contribution in [2.45, 2.75) is 6.10 Å². The molecule has 0 fully saturated rings. The van der Waals surface area contributed by atoms with Crippen LogP contribution in [0.25, 0.3) is 21.5 Å². The maximum Gasteiger partial charge on any atom is 0.200 e. The Labute approximate surface area is 162 Å². The first-order valence-corrected chi connectivity index (χ1v) is 8.51. The fourth-order valence-electron chi connectivity index (χ4n) is 3.22. The molecule has 0 aliphatic carbocycles. The summed E-state index contributed by atoms with van der Waals surface area (Å²) < 4.78 is 67.9. The van der Waals surface area contributed by atoms with Gasteiger partial charge in [-0.15, -0.1) is 0 Å². The lowest BCUT2D eigenvalue weighted by molar-refractivity contribution is 0.219. The molecular weight excluding hydrogens is 387 g/mol. The van der Waals surface area contributed by atoms with Gasteiger partial charge in [0.1, 0.15) is 6.10 Å². The lowest BCUT2D eigenvalue weighted by atomic mass is 9.96. The molecule has 1 nitrogen and oxygen atoms in total. The Morgan fingerprint density at radius 2 is 1.10 bits per heavy atom. The second kappa shape index (κ2) is 7.19. The van der Waals surface area contributed by atoms with Crippen molar-refractivity contribution in [3.63, 3.8) is 0 Å². The molecule has 144 valence electrons. The molecule has 4 aromatic carbocycles. The van der Waals surface area contributed by atoms with Crippen LogP contribution in [0.3, 0.4) is 0 Å². The zero-order valence-electron chi connectivity index (χ0n) is 14.6. The first-order chi connectivity index (χ1) is 13.9. The minimum Gasteiger partial charge on any atom is -0.376 e. The minimum absolute atomic E-state index is 0.474. The summed E-state index contributed by atoms with van der Waals surface area (Å²) in [5, 5.41) is 13.3. The third kappa shape index (κ3) is 3.10. The molecule has 0 bridgehead atoms. The molecule has 0 aliphatic rings. The van der Waals surface area contributed by atoms with Crippen molar-refractivity contribution in [3.8, 4) is 11.8 Å². The van der Waals surface area contributed by atoms with Crippen molar-refractivity contribution in [2.24, 2.45) is 0 Å². The van der Waals surface area contributed by atoms with Crippen LogP contribution in [0.1, 0.15) is 17.2 Å². The van der Waals surface area contributed by atoms with E-state index in [1.165, 1.54) is 0 Å². The maximum atomic E-state index is 13.9. The highest BCUT2D eigenvalue weighted by atomic mass is 19.2. The quantitative estimate of drug-likeness (QED) is 0.142. The predicted octanol–water partition coefficient (Wildman–Crippen LogP) is 5.77. The van der Waals surface area contributed by atoms with Gasteiger partial charge in [0.15, 0.2) is 23.3 Å². The molecule has 4 rings (SSSR count). The van der Waals surface area contributed by atoms with Crippen molar-refractivity contribution >= 4 is 21.5 Å². The average Bonchev–Trinajstić information content (AvgIpc) is 2.74. The normalized spacial score (nSPS) is 12.1. The van der Waals surface area contributed by atoms with Crippen LogP contribution in [0, 0.1) is 40.9 Å². The molecule has 6 heteroatoms. The summed E-state index contributed by atoms with van der Waals surface area (Å²) in [6.45, 7) is 0. The van der Waals surface area contributed by atoms with E-state index in [9.17, 15) is 27.1 Å². The first kappa shape index (κ1) is 18.9. The molecule has 0 unspecified atom stereocenters. The predicted molar refractivity (Wildman–Crippen MR) is 99.5 cm³/mol. The van der Waals surface area contributed by atoms with Crippen LogP contribution in [-0.4, -0.2) is 5.11 Å². The van der Waals surface area contributed by atoms with E-state index < -0.39 is 40.8 Å². The first-order valence-electron chi connectivity index (χ1n) is 8.51. The maximum absolute atomic E-state index is 13.9. The Morgan fingerprint density at radius 1 is 0.655 bits per heavy atom. The zero-order valence-corrected chi connectivity index (χ0v) is 14.6. The largest absolute Gasteiger partial charge is 0.376 e. The Kier molecular flexibility index (Phi) is 4.69. The van der Waals surface area contributed by atoms with E-state index in [1.54, 1.807) is 24.3 Å². The van der Waals surface area contributed by atoms with E-state index in [2.05, 4.69) is 11.8 Å². The number of rotatable bonds is 1. The summed E-state index contributed by atoms with van der Waals surface area (Å²) in [5.74, 6) is -5.87. The molecule has 1 N–H and O–H groups in total. The van der Waals surface area contributed by atoms with Crippen LogP contribution < -0.4 is 0 Å². The Hall–Kier alpha value is -3.43. The molecule has 0 spiro atoms. The van der Waals surface area contributed by atoms with Crippen molar-refractivity contribution in [2.75, 3.05) is 0 Å². The van der Waals surface area contributed by atoms with Gasteiger partial charge in [0.05, 0.1) is 5.56 Å². The van der Waals surface area contributed by atoms with Gasteiger partial charge in [0.2, 0.25) is 5.82 Å². The van der Waals surface area contributed by atoms with Crippen LogP contribution in [0.4, 0.5) is 22.0 Å². The fraction of sp³-hybridized carbons (Fsp3) is 0.0435. The highest BCUT2D eigenvalue weighted by molar-refractivity contribution is 6.04. The van der Waals surface area contributed by atoms with Crippen LogP contribution in [0.5, 0.6) is 0 Å². The molecule has 0 aliphatic heterocycles. The topological polar surface area (TPSA) is 20.2 Å². The second-order valence-electron chi connectivity index (χ2n) is 6.35. The van der Waals surface area contributed by atoms with Gasteiger partial charge in [-0.3, -0.25) is 0 Å². The fourth-order valence-corrected chi connectivity index (χ4v) is 3.22. The molecule has 0 radical (unpaired) electrons. The van der Waals surface area contributed by atoms with Gasteiger partial charge in [0.25, 0.3) is 0 Å². The van der Waals surface area contributed by atoms with E-state index >= 15 is 0 Å². The molecule has 1 atom stereocenters. The van der Waals surface area contributed by atoms with Crippen LogP contribution in [0.15, 0.2) is 54.6 Å². The van der Waals surface area contributed by atoms with Gasteiger partial charge in [0, 0.05) is 5.56 Å².